The number of hydrogen-bond acceptors (Lipinski definition) is 6. The Balaban J connectivity index is 1.75. The summed E-state index contributed by atoms with van der Waals surface area (Å²) in [4.78, 5) is 36.3. The minimum atomic E-state index is -0.476. The second kappa shape index (κ2) is 8.46. The van der Waals surface area contributed by atoms with Gasteiger partial charge in [-0.15, -0.1) is 0 Å². The van der Waals surface area contributed by atoms with Crippen molar-refractivity contribution in [2.45, 2.75) is 26.8 Å². The molecule has 0 atom stereocenters. The molecule has 0 aliphatic carbocycles. The smallest absolute Gasteiger partial charge is 0.248 e. The number of carbonyl (C=O) groups excluding carboxylic acids is 2. The number of imidazole rings is 1. The molecule has 4 aromatic rings. The highest BCUT2D eigenvalue weighted by Crippen LogP contribution is 2.31. The van der Waals surface area contributed by atoms with E-state index in [-0.39, 0.29) is 11.9 Å². The zero-order valence-corrected chi connectivity index (χ0v) is 18.0. The van der Waals surface area contributed by atoms with Crippen LogP contribution in [-0.4, -0.2) is 31.3 Å². The van der Waals surface area contributed by atoms with E-state index in [0.29, 0.717) is 28.2 Å². The van der Waals surface area contributed by atoms with Crippen molar-refractivity contribution in [3.05, 3.63) is 60.4 Å². The van der Waals surface area contributed by atoms with Gasteiger partial charge in [0, 0.05) is 35.5 Å². The Labute approximate surface area is 184 Å². The van der Waals surface area contributed by atoms with Crippen LogP contribution in [0.2, 0.25) is 0 Å². The number of nitrogens with two attached hydrogens (primary N) is 1. The van der Waals surface area contributed by atoms with Crippen LogP contribution in [0, 0.1) is 0 Å². The van der Waals surface area contributed by atoms with E-state index < -0.39 is 5.91 Å². The summed E-state index contributed by atoms with van der Waals surface area (Å²) in [6.07, 6.45) is 1.50. The molecule has 0 unspecified atom stereocenters. The van der Waals surface area contributed by atoms with E-state index in [2.05, 4.69) is 34.4 Å². The van der Waals surface area contributed by atoms with E-state index in [1.54, 1.807) is 24.3 Å². The molecule has 4 rings (SSSR count). The first-order valence-corrected chi connectivity index (χ1v) is 10.1. The predicted molar refractivity (Wildman–Crippen MR) is 124 cm³/mol. The Bertz CT molecular complexity index is 1290. The van der Waals surface area contributed by atoms with E-state index in [1.807, 2.05) is 28.8 Å². The van der Waals surface area contributed by atoms with Crippen LogP contribution < -0.4 is 16.4 Å². The number of amides is 2. The number of hydrogen-bond donors (Lipinski definition) is 3. The number of primary amides is 1. The van der Waals surface area contributed by atoms with Crippen LogP contribution in [0.4, 0.5) is 17.2 Å². The molecule has 2 amide bonds. The van der Waals surface area contributed by atoms with Gasteiger partial charge in [-0.05, 0) is 50.2 Å². The quantitative estimate of drug-likeness (QED) is 0.427. The van der Waals surface area contributed by atoms with Gasteiger partial charge in [0.2, 0.25) is 11.8 Å². The maximum atomic E-state index is 11.4. The summed E-state index contributed by atoms with van der Waals surface area (Å²) in [5.74, 6) is 0.682. The normalized spacial score (nSPS) is 11.0. The topological polar surface area (TPSA) is 128 Å². The van der Waals surface area contributed by atoms with Gasteiger partial charge in [0.25, 0.3) is 0 Å². The first kappa shape index (κ1) is 21.0. The number of aromatic nitrogens is 4. The second-order valence-electron chi connectivity index (χ2n) is 7.62. The maximum absolute atomic E-state index is 11.4. The molecular weight excluding hydrogens is 406 g/mol. The summed E-state index contributed by atoms with van der Waals surface area (Å²) in [6.45, 7) is 5.57. The molecule has 2 heterocycles. The highest BCUT2D eigenvalue weighted by atomic mass is 16.1. The highest BCUT2D eigenvalue weighted by Gasteiger charge is 2.19. The van der Waals surface area contributed by atoms with Gasteiger partial charge in [-0.3, -0.25) is 9.59 Å². The molecule has 0 saturated heterocycles. The van der Waals surface area contributed by atoms with Crippen molar-refractivity contribution in [2.75, 3.05) is 10.6 Å². The lowest BCUT2D eigenvalue weighted by molar-refractivity contribution is -0.114. The molecule has 0 bridgehead atoms. The van der Waals surface area contributed by atoms with Gasteiger partial charge < -0.3 is 20.9 Å². The van der Waals surface area contributed by atoms with E-state index in [9.17, 15) is 9.59 Å². The van der Waals surface area contributed by atoms with Crippen LogP contribution in [0.3, 0.4) is 0 Å². The van der Waals surface area contributed by atoms with Crippen molar-refractivity contribution in [3.8, 4) is 11.4 Å². The SMILES string of the molecule is CC(=O)Nc1ccc(Nc2ncnc3c2nc(-c2ccc(C(N)=O)cc2)n3C(C)C)cc1. The zero-order chi connectivity index (χ0) is 22.8. The van der Waals surface area contributed by atoms with Gasteiger partial charge >= 0.3 is 0 Å². The fourth-order valence-corrected chi connectivity index (χ4v) is 3.45. The van der Waals surface area contributed by atoms with E-state index in [4.69, 9.17) is 10.7 Å². The average molecular weight is 429 g/mol. The molecule has 0 aliphatic heterocycles. The Hall–Kier alpha value is -4.27. The van der Waals surface area contributed by atoms with Crippen LogP contribution in [0.15, 0.2) is 54.9 Å². The number of nitrogens with one attached hydrogen (secondary N) is 2. The summed E-state index contributed by atoms with van der Waals surface area (Å²) in [5, 5.41) is 6.02. The lowest BCUT2D eigenvalue weighted by atomic mass is 10.1. The van der Waals surface area contributed by atoms with Crippen LogP contribution in [0.1, 0.15) is 37.2 Å². The van der Waals surface area contributed by atoms with Crippen LogP contribution in [0.25, 0.3) is 22.6 Å². The number of benzene rings is 2. The van der Waals surface area contributed by atoms with Gasteiger partial charge in [0.15, 0.2) is 17.0 Å². The van der Waals surface area contributed by atoms with E-state index in [0.717, 1.165) is 17.1 Å². The summed E-state index contributed by atoms with van der Waals surface area (Å²) >= 11 is 0. The van der Waals surface area contributed by atoms with Gasteiger partial charge in [-0.1, -0.05) is 12.1 Å². The predicted octanol–water partition coefficient (Wildman–Crippen LogP) is 3.88. The maximum Gasteiger partial charge on any atom is 0.248 e. The number of anilines is 3. The minimum absolute atomic E-state index is 0.0884. The Morgan fingerprint density at radius 3 is 2.22 bits per heavy atom. The zero-order valence-electron chi connectivity index (χ0n) is 18.0. The summed E-state index contributed by atoms with van der Waals surface area (Å²) in [7, 11) is 0. The monoisotopic (exact) mass is 429 g/mol. The van der Waals surface area contributed by atoms with Crippen LogP contribution >= 0.6 is 0 Å². The van der Waals surface area contributed by atoms with Crippen molar-refractivity contribution in [1.29, 1.82) is 0 Å². The van der Waals surface area contributed by atoms with E-state index in [1.165, 1.54) is 13.3 Å². The van der Waals surface area contributed by atoms with Crippen molar-refractivity contribution in [1.82, 2.24) is 19.5 Å². The Morgan fingerprint density at radius 2 is 1.62 bits per heavy atom. The molecule has 0 fully saturated rings. The molecule has 9 nitrogen and oxygen atoms in total. The molecule has 0 aliphatic rings. The first-order chi connectivity index (χ1) is 15.3. The number of rotatable bonds is 6. The molecular formula is C23H23N7O2. The molecule has 0 spiro atoms. The Kier molecular flexibility index (Phi) is 5.55. The lowest BCUT2D eigenvalue weighted by Gasteiger charge is -2.12. The lowest BCUT2D eigenvalue weighted by Crippen LogP contribution is -2.10. The number of nitrogens with zero attached hydrogens (tertiary/aromatic N) is 4. The highest BCUT2D eigenvalue weighted by molar-refractivity contribution is 5.93. The molecule has 4 N–H and O–H groups in total. The number of fused-ring (bicyclic) bond motifs is 1. The molecule has 9 heteroatoms. The van der Waals surface area contributed by atoms with Crippen LogP contribution in [0.5, 0.6) is 0 Å². The van der Waals surface area contributed by atoms with Gasteiger partial charge in [-0.2, -0.15) is 0 Å². The van der Waals surface area contributed by atoms with Crippen molar-refractivity contribution >= 4 is 40.2 Å². The van der Waals surface area contributed by atoms with E-state index >= 15 is 0 Å². The van der Waals surface area contributed by atoms with Crippen molar-refractivity contribution < 1.29 is 9.59 Å². The third-order valence-electron chi connectivity index (χ3n) is 4.89. The molecule has 32 heavy (non-hydrogen) atoms. The molecule has 162 valence electrons. The minimum Gasteiger partial charge on any atom is -0.366 e. The summed E-state index contributed by atoms with van der Waals surface area (Å²) in [5.41, 5.74) is 9.47. The fourth-order valence-electron chi connectivity index (χ4n) is 3.45. The largest absolute Gasteiger partial charge is 0.366 e. The first-order valence-electron chi connectivity index (χ1n) is 10.1. The van der Waals surface area contributed by atoms with Gasteiger partial charge in [0.1, 0.15) is 12.2 Å². The fraction of sp³-hybridized carbons (Fsp3) is 0.174. The number of carbonyl (C=O) groups is 2. The Morgan fingerprint density at radius 1 is 0.969 bits per heavy atom. The van der Waals surface area contributed by atoms with Gasteiger partial charge in [0.05, 0.1) is 0 Å². The van der Waals surface area contributed by atoms with Crippen molar-refractivity contribution in [2.24, 2.45) is 5.73 Å². The molecule has 0 radical (unpaired) electrons. The second-order valence-corrected chi connectivity index (χ2v) is 7.62. The van der Waals surface area contributed by atoms with Gasteiger partial charge in [-0.25, -0.2) is 15.0 Å². The summed E-state index contributed by atoms with van der Waals surface area (Å²) < 4.78 is 2.03. The summed E-state index contributed by atoms with van der Waals surface area (Å²) in [6, 6.07) is 14.4. The third-order valence-corrected chi connectivity index (χ3v) is 4.89. The molecule has 2 aromatic heterocycles. The van der Waals surface area contributed by atoms with Crippen LogP contribution in [-0.2, 0) is 4.79 Å². The molecule has 2 aromatic carbocycles. The average Bonchev–Trinajstić information content (AvgIpc) is 3.16. The third kappa shape index (κ3) is 4.13. The standard InChI is InChI=1S/C23H23N7O2/c1-13(2)30-22(16-6-4-15(5-7-16)20(24)32)29-19-21(25-12-26-23(19)30)28-18-10-8-17(9-11-18)27-14(3)31/h4-13H,1-3H3,(H2,24,32)(H,27,31)(H,25,26,28). The van der Waals surface area contributed by atoms with Crippen molar-refractivity contribution in [3.63, 3.8) is 0 Å². The molecule has 0 saturated carbocycles.